The van der Waals surface area contributed by atoms with Gasteiger partial charge >= 0.3 is 12.1 Å². The van der Waals surface area contributed by atoms with Gasteiger partial charge in [0.1, 0.15) is 12.7 Å². The molecule has 0 amide bonds. The second-order valence-corrected chi connectivity index (χ2v) is 6.38. The summed E-state index contributed by atoms with van der Waals surface area (Å²) in [4.78, 5) is 22.7. The zero-order valence-corrected chi connectivity index (χ0v) is 12.9. The lowest BCUT2D eigenvalue weighted by molar-refractivity contribution is -0.140. The fraction of sp³-hybridized carbons (Fsp3) is 0.750. The Morgan fingerprint density at radius 2 is 2.19 bits per heavy atom. The first-order chi connectivity index (χ1) is 9.95. The fourth-order valence-electron chi connectivity index (χ4n) is 3.06. The maximum Gasteiger partial charge on any atom is 0.508 e. The van der Waals surface area contributed by atoms with Gasteiger partial charge in [-0.3, -0.25) is 0 Å². The van der Waals surface area contributed by atoms with Gasteiger partial charge in [-0.25, -0.2) is 9.59 Å². The minimum Gasteiger partial charge on any atom is -0.451 e. The second kappa shape index (κ2) is 6.96. The van der Waals surface area contributed by atoms with Crippen LogP contribution in [0.15, 0.2) is 12.2 Å². The van der Waals surface area contributed by atoms with Crippen molar-refractivity contribution < 1.29 is 23.8 Å². The van der Waals surface area contributed by atoms with Crippen molar-refractivity contribution in [2.45, 2.75) is 52.2 Å². The molecule has 118 valence electrons. The molecule has 2 rings (SSSR count). The SMILES string of the molecule is CC(C)[C@@H]1CC[C@@H](C)C[C@H]1OC(=O)OC[C@@H]1C=CC(=O)O1. The topological polar surface area (TPSA) is 61.8 Å². The third kappa shape index (κ3) is 4.48. The predicted molar refractivity (Wildman–Crippen MR) is 76.6 cm³/mol. The highest BCUT2D eigenvalue weighted by Gasteiger charge is 2.34. The van der Waals surface area contributed by atoms with Crippen LogP contribution in [0.1, 0.15) is 40.0 Å². The standard InChI is InChI=1S/C16H24O5/c1-10(2)13-6-4-11(3)8-14(13)21-16(18)19-9-12-5-7-15(17)20-12/h5,7,10-14H,4,6,8-9H2,1-3H3/t11-,12+,13+,14-/m1/s1. The van der Waals surface area contributed by atoms with E-state index in [-0.39, 0.29) is 12.7 Å². The van der Waals surface area contributed by atoms with Crippen molar-refractivity contribution >= 4 is 12.1 Å². The predicted octanol–water partition coefficient (Wildman–Crippen LogP) is 3.08. The van der Waals surface area contributed by atoms with E-state index >= 15 is 0 Å². The summed E-state index contributed by atoms with van der Waals surface area (Å²) in [7, 11) is 0. The smallest absolute Gasteiger partial charge is 0.451 e. The van der Waals surface area contributed by atoms with Crippen LogP contribution in [-0.4, -0.2) is 30.9 Å². The van der Waals surface area contributed by atoms with E-state index in [9.17, 15) is 9.59 Å². The number of cyclic esters (lactones) is 1. The number of esters is 1. The Bertz CT molecular complexity index is 415. The Labute approximate surface area is 125 Å². The summed E-state index contributed by atoms with van der Waals surface area (Å²) in [5.41, 5.74) is 0. The van der Waals surface area contributed by atoms with Crippen LogP contribution in [0.3, 0.4) is 0 Å². The third-order valence-corrected chi connectivity index (χ3v) is 4.29. The Balaban J connectivity index is 1.79. The average molecular weight is 296 g/mol. The molecular weight excluding hydrogens is 272 g/mol. The number of hydrogen-bond acceptors (Lipinski definition) is 5. The van der Waals surface area contributed by atoms with Crippen molar-refractivity contribution in [3.8, 4) is 0 Å². The lowest BCUT2D eigenvalue weighted by Gasteiger charge is -2.36. The van der Waals surface area contributed by atoms with Crippen LogP contribution in [0.4, 0.5) is 4.79 Å². The van der Waals surface area contributed by atoms with Gasteiger partial charge in [0.05, 0.1) is 0 Å². The molecule has 0 N–H and O–H groups in total. The number of carbonyl (C=O) groups excluding carboxylic acids is 2. The van der Waals surface area contributed by atoms with E-state index in [4.69, 9.17) is 14.2 Å². The molecule has 1 saturated carbocycles. The minimum atomic E-state index is -0.670. The molecule has 4 atom stereocenters. The highest BCUT2D eigenvalue weighted by molar-refractivity contribution is 5.84. The molecule has 0 aromatic carbocycles. The van der Waals surface area contributed by atoms with E-state index in [1.807, 2.05) is 0 Å². The zero-order valence-electron chi connectivity index (χ0n) is 12.9. The zero-order chi connectivity index (χ0) is 15.4. The van der Waals surface area contributed by atoms with Crippen LogP contribution in [0.25, 0.3) is 0 Å². The van der Waals surface area contributed by atoms with Crippen molar-refractivity contribution in [2.75, 3.05) is 6.61 Å². The van der Waals surface area contributed by atoms with E-state index in [1.165, 1.54) is 12.5 Å². The lowest BCUT2D eigenvalue weighted by Crippen LogP contribution is -2.36. The van der Waals surface area contributed by atoms with E-state index in [2.05, 4.69) is 20.8 Å². The Morgan fingerprint density at radius 3 is 2.81 bits per heavy atom. The first kappa shape index (κ1) is 15.9. The van der Waals surface area contributed by atoms with E-state index < -0.39 is 18.2 Å². The molecule has 5 nitrogen and oxygen atoms in total. The largest absolute Gasteiger partial charge is 0.508 e. The molecule has 1 aliphatic carbocycles. The monoisotopic (exact) mass is 296 g/mol. The molecule has 0 radical (unpaired) electrons. The lowest BCUT2D eigenvalue weighted by atomic mass is 9.75. The molecule has 0 bridgehead atoms. The molecule has 0 unspecified atom stereocenters. The molecule has 1 heterocycles. The van der Waals surface area contributed by atoms with Crippen LogP contribution in [0.5, 0.6) is 0 Å². The molecule has 5 heteroatoms. The molecule has 1 aliphatic heterocycles. The average Bonchev–Trinajstić information content (AvgIpc) is 2.82. The Hall–Kier alpha value is -1.52. The van der Waals surface area contributed by atoms with Gasteiger partial charge in [0.25, 0.3) is 0 Å². The van der Waals surface area contributed by atoms with Crippen LogP contribution in [0, 0.1) is 17.8 Å². The number of rotatable bonds is 4. The molecule has 0 aromatic heterocycles. The molecule has 0 aromatic rings. The van der Waals surface area contributed by atoms with Crippen LogP contribution in [-0.2, 0) is 19.0 Å². The first-order valence-corrected chi connectivity index (χ1v) is 7.68. The van der Waals surface area contributed by atoms with Gasteiger partial charge in [-0.2, -0.15) is 0 Å². The number of carbonyl (C=O) groups is 2. The molecule has 2 aliphatic rings. The van der Waals surface area contributed by atoms with Gasteiger partial charge in [0, 0.05) is 6.08 Å². The van der Waals surface area contributed by atoms with Gasteiger partial charge in [0.15, 0.2) is 6.10 Å². The highest BCUT2D eigenvalue weighted by Crippen LogP contribution is 2.35. The van der Waals surface area contributed by atoms with Crippen LogP contribution >= 0.6 is 0 Å². The molecule has 21 heavy (non-hydrogen) atoms. The van der Waals surface area contributed by atoms with Crippen LogP contribution < -0.4 is 0 Å². The summed E-state index contributed by atoms with van der Waals surface area (Å²) in [6, 6.07) is 0. The van der Waals surface area contributed by atoms with Crippen molar-refractivity contribution in [3.05, 3.63) is 12.2 Å². The summed E-state index contributed by atoms with van der Waals surface area (Å²) in [5, 5.41) is 0. The van der Waals surface area contributed by atoms with Crippen molar-refractivity contribution in [1.82, 2.24) is 0 Å². The quantitative estimate of drug-likeness (QED) is 0.746. The van der Waals surface area contributed by atoms with Crippen LogP contribution in [0.2, 0.25) is 0 Å². The summed E-state index contributed by atoms with van der Waals surface area (Å²) in [6.45, 7) is 6.51. The molecular formula is C16H24O5. The molecule has 1 fully saturated rings. The van der Waals surface area contributed by atoms with Gasteiger partial charge in [0.2, 0.25) is 0 Å². The normalized spacial score (nSPS) is 32.1. The molecule has 0 saturated heterocycles. The maximum absolute atomic E-state index is 11.8. The van der Waals surface area contributed by atoms with Gasteiger partial charge in [-0.1, -0.05) is 27.2 Å². The second-order valence-electron chi connectivity index (χ2n) is 6.38. The number of ether oxygens (including phenoxy) is 3. The summed E-state index contributed by atoms with van der Waals surface area (Å²) < 4.78 is 15.4. The summed E-state index contributed by atoms with van der Waals surface area (Å²) >= 11 is 0. The van der Waals surface area contributed by atoms with E-state index in [0.717, 1.165) is 12.8 Å². The fourth-order valence-corrected chi connectivity index (χ4v) is 3.06. The van der Waals surface area contributed by atoms with E-state index in [0.29, 0.717) is 17.8 Å². The van der Waals surface area contributed by atoms with Gasteiger partial charge < -0.3 is 14.2 Å². The minimum absolute atomic E-state index is 0.00962. The van der Waals surface area contributed by atoms with Gasteiger partial charge in [-0.15, -0.1) is 0 Å². The van der Waals surface area contributed by atoms with E-state index in [1.54, 1.807) is 6.08 Å². The third-order valence-electron chi connectivity index (χ3n) is 4.29. The van der Waals surface area contributed by atoms with Crippen molar-refractivity contribution in [2.24, 2.45) is 17.8 Å². The first-order valence-electron chi connectivity index (χ1n) is 7.68. The maximum atomic E-state index is 11.8. The van der Waals surface area contributed by atoms with Gasteiger partial charge in [-0.05, 0) is 36.7 Å². The Kier molecular flexibility index (Phi) is 5.26. The Morgan fingerprint density at radius 1 is 1.43 bits per heavy atom. The van der Waals surface area contributed by atoms with Crippen molar-refractivity contribution in [1.29, 1.82) is 0 Å². The summed E-state index contributed by atoms with van der Waals surface area (Å²) in [5.74, 6) is 1.03. The number of hydrogen-bond donors (Lipinski definition) is 0. The summed E-state index contributed by atoms with van der Waals surface area (Å²) in [6.07, 6.45) is 4.82. The highest BCUT2D eigenvalue weighted by atomic mass is 16.7. The van der Waals surface area contributed by atoms with Crippen molar-refractivity contribution in [3.63, 3.8) is 0 Å². The molecule has 0 spiro atoms.